The van der Waals surface area contributed by atoms with Gasteiger partial charge in [0.2, 0.25) is 0 Å². The number of hydrogen-bond donors (Lipinski definition) is 1. The molecule has 3 nitrogen and oxygen atoms in total. The number of hydrogen-bond acceptors (Lipinski definition) is 3. The topological polar surface area (TPSA) is 39.1 Å². The minimum Gasteiger partial charge on any atom is -0.314 e. The molecule has 0 spiro atoms. The van der Waals surface area contributed by atoms with Gasteiger partial charge >= 0.3 is 0 Å². The average molecular weight is 269 g/mol. The molecule has 1 aliphatic heterocycles. The Morgan fingerprint density at radius 1 is 1.10 bits per heavy atom. The number of nitrogens with zero attached hydrogens (tertiary/aromatic N) is 2. The Bertz CT molecular complexity index is 462. The van der Waals surface area contributed by atoms with Gasteiger partial charge in [0.05, 0.1) is 11.6 Å². The highest BCUT2D eigenvalue weighted by Crippen LogP contribution is 2.39. The zero-order chi connectivity index (χ0) is 13.8. The highest BCUT2D eigenvalue weighted by Gasteiger charge is 2.31. The normalized spacial score (nSPS) is 22.6. The van der Waals surface area contributed by atoms with Crippen molar-refractivity contribution in [1.29, 1.82) is 5.26 Å². The highest BCUT2D eigenvalue weighted by atomic mass is 15.2. The predicted octanol–water partition coefficient (Wildman–Crippen LogP) is 2.69. The molecule has 0 radical (unpaired) electrons. The molecule has 3 rings (SSSR count). The average Bonchev–Trinajstić information content (AvgIpc) is 3.03. The molecule has 3 heteroatoms. The summed E-state index contributed by atoms with van der Waals surface area (Å²) in [5.74, 6) is 0.793. The maximum atomic E-state index is 8.96. The summed E-state index contributed by atoms with van der Waals surface area (Å²) in [6.45, 7) is 4.47. The molecule has 1 atom stereocenters. The van der Waals surface area contributed by atoms with E-state index in [2.05, 4.69) is 28.4 Å². The van der Waals surface area contributed by atoms with Gasteiger partial charge in [0, 0.05) is 32.2 Å². The number of rotatable bonds is 3. The molecule has 1 heterocycles. The van der Waals surface area contributed by atoms with Crippen LogP contribution in [-0.2, 0) is 0 Å². The minimum atomic E-state index is 0.548. The van der Waals surface area contributed by atoms with Crippen LogP contribution in [0.5, 0.6) is 0 Å². The summed E-state index contributed by atoms with van der Waals surface area (Å²) in [6.07, 6.45) is 5.47. The maximum Gasteiger partial charge on any atom is 0.0991 e. The minimum absolute atomic E-state index is 0.548. The van der Waals surface area contributed by atoms with Crippen LogP contribution in [0.4, 0.5) is 0 Å². The largest absolute Gasteiger partial charge is 0.314 e. The van der Waals surface area contributed by atoms with Crippen LogP contribution < -0.4 is 5.32 Å². The van der Waals surface area contributed by atoms with Gasteiger partial charge in [-0.1, -0.05) is 25.0 Å². The van der Waals surface area contributed by atoms with Gasteiger partial charge < -0.3 is 5.32 Å². The van der Waals surface area contributed by atoms with E-state index in [9.17, 15) is 0 Å². The Hall–Kier alpha value is -1.37. The second-order valence-corrected chi connectivity index (χ2v) is 6.01. The van der Waals surface area contributed by atoms with E-state index in [0.717, 1.165) is 37.7 Å². The third-order valence-electron chi connectivity index (χ3n) is 4.77. The Balaban J connectivity index is 1.84. The van der Waals surface area contributed by atoms with Crippen molar-refractivity contribution in [3.63, 3.8) is 0 Å². The summed E-state index contributed by atoms with van der Waals surface area (Å²) in [4.78, 5) is 2.65. The van der Waals surface area contributed by atoms with Crippen molar-refractivity contribution >= 4 is 0 Å². The van der Waals surface area contributed by atoms with Crippen LogP contribution in [0.15, 0.2) is 24.3 Å². The first-order chi connectivity index (χ1) is 9.88. The van der Waals surface area contributed by atoms with Crippen molar-refractivity contribution in [3.05, 3.63) is 35.4 Å². The zero-order valence-electron chi connectivity index (χ0n) is 12.0. The smallest absolute Gasteiger partial charge is 0.0991 e. The summed E-state index contributed by atoms with van der Waals surface area (Å²) in [6, 6.07) is 11.1. The molecule has 1 aliphatic carbocycles. The van der Waals surface area contributed by atoms with E-state index in [1.54, 1.807) is 0 Å². The van der Waals surface area contributed by atoms with Crippen LogP contribution in [-0.4, -0.2) is 31.1 Å². The van der Waals surface area contributed by atoms with Crippen LogP contribution in [0.2, 0.25) is 0 Å². The molecule has 2 fully saturated rings. The van der Waals surface area contributed by atoms with E-state index in [1.807, 2.05) is 12.1 Å². The van der Waals surface area contributed by atoms with Crippen molar-refractivity contribution in [3.8, 4) is 6.07 Å². The lowest BCUT2D eigenvalue weighted by Gasteiger charge is -2.38. The Labute approximate surface area is 121 Å². The molecular weight excluding hydrogens is 246 g/mol. The molecule has 106 valence electrons. The van der Waals surface area contributed by atoms with Crippen molar-refractivity contribution in [2.45, 2.75) is 31.7 Å². The highest BCUT2D eigenvalue weighted by molar-refractivity contribution is 5.33. The first-order valence-electron chi connectivity index (χ1n) is 7.83. The molecule has 1 aromatic carbocycles. The second kappa shape index (κ2) is 6.39. The summed E-state index contributed by atoms with van der Waals surface area (Å²) in [5.41, 5.74) is 2.16. The van der Waals surface area contributed by atoms with E-state index < -0.39 is 0 Å². The van der Waals surface area contributed by atoms with E-state index in [-0.39, 0.29) is 0 Å². The first-order valence-corrected chi connectivity index (χ1v) is 7.83. The van der Waals surface area contributed by atoms with Crippen LogP contribution >= 0.6 is 0 Å². The molecule has 1 N–H and O–H groups in total. The number of nitrogens with one attached hydrogen (secondary N) is 1. The zero-order valence-corrected chi connectivity index (χ0v) is 12.0. The fourth-order valence-corrected chi connectivity index (χ4v) is 3.77. The van der Waals surface area contributed by atoms with Crippen LogP contribution in [0.1, 0.15) is 42.9 Å². The fourth-order valence-electron chi connectivity index (χ4n) is 3.77. The lowest BCUT2D eigenvalue weighted by molar-refractivity contribution is 0.125. The predicted molar refractivity (Wildman–Crippen MR) is 80.3 cm³/mol. The Morgan fingerprint density at radius 3 is 2.35 bits per heavy atom. The van der Waals surface area contributed by atoms with Gasteiger partial charge in [-0.2, -0.15) is 5.26 Å². The fraction of sp³-hybridized carbons (Fsp3) is 0.588. The molecule has 0 amide bonds. The Kier molecular flexibility index (Phi) is 4.34. The lowest BCUT2D eigenvalue weighted by Crippen LogP contribution is -2.46. The molecule has 1 saturated carbocycles. The summed E-state index contributed by atoms with van der Waals surface area (Å²) >= 11 is 0. The summed E-state index contributed by atoms with van der Waals surface area (Å²) < 4.78 is 0. The van der Waals surface area contributed by atoms with E-state index in [1.165, 1.54) is 31.2 Å². The molecule has 0 bridgehead atoms. The molecule has 20 heavy (non-hydrogen) atoms. The van der Waals surface area contributed by atoms with Crippen LogP contribution in [0.3, 0.4) is 0 Å². The monoisotopic (exact) mass is 269 g/mol. The molecule has 1 saturated heterocycles. The standard InChI is InChI=1S/C17H23N3/c18-13-14-5-7-16(8-6-14)17(15-3-1-2-4-15)20-11-9-19-10-12-20/h5-8,15,17,19H,1-4,9-12H2/t17-/m0/s1. The number of piperazine rings is 1. The van der Waals surface area contributed by atoms with Crippen molar-refractivity contribution < 1.29 is 0 Å². The van der Waals surface area contributed by atoms with Gasteiger partial charge in [-0.25, -0.2) is 0 Å². The van der Waals surface area contributed by atoms with Gasteiger partial charge in [0.15, 0.2) is 0 Å². The second-order valence-electron chi connectivity index (χ2n) is 6.01. The van der Waals surface area contributed by atoms with Crippen molar-refractivity contribution in [2.75, 3.05) is 26.2 Å². The quantitative estimate of drug-likeness (QED) is 0.917. The molecule has 1 aromatic rings. The summed E-state index contributed by atoms with van der Waals surface area (Å²) in [5, 5.41) is 12.4. The summed E-state index contributed by atoms with van der Waals surface area (Å²) in [7, 11) is 0. The maximum absolute atomic E-state index is 8.96. The molecule has 0 unspecified atom stereocenters. The molecule has 0 aromatic heterocycles. The number of nitriles is 1. The SMILES string of the molecule is N#Cc1ccc([C@H](C2CCCC2)N2CCNCC2)cc1. The molecular formula is C17H23N3. The van der Waals surface area contributed by atoms with E-state index >= 15 is 0 Å². The van der Waals surface area contributed by atoms with E-state index in [0.29, 0.717) is 6.04 Å². The van der Waals surface area contributed by atoms with Gasteiger partial charge in [0.25, 0.3) is 0 Å². The van der Waals surface area contributed by atoms with Gasteiger partial charge in [-0.05, 0) is 36.5 Å². The first kappa shape index (κ1) is 13.6. The van der Waals surface area contributed by atoms with E-state index in [4.69, 9.17) is 5.26 Å². The Morgan fingerprint density at radius 2 is 1.75 bits per heavy atom. The third kappa shape index (κ3) is 2.87. The van der Waals surface area contributed by atoms with Gasteiger partial charge in [0.1, 0.15) is 0 Å². The van der Waals surface area contributed by atoms with Crippen LogP contribution in [0, 0.1) is 17.2 Å². The van der Waals surface area contributed by atoms with Gasteiger partial charge in [-0.3, -0.25) is 4.90 Å². The van der Waals surface area contributed by atoms with Gasteiger partial charge in [-0.15, -0.1) is 0 Å². The third-order valence-corrected chi connectivity index (χ3v) is 4.77. The van der Waals surface area contributed by atoms with Crippen LogP contribution in [0.25, 0.3) is 0 Å². The lowest BCUT2D eigenvalue weighted by atomic mass is 9.89. The van der Waals surface area contributed by atoms with Crippen molar-refractivity contribution in [1.82, 2.24) is 10.2 Å². The van der Waals surface area contributed by atoms with Crippen molar-refractivity contribution in [2.24, 2.45) is 5.92 Å². The molecule has 2 aliphatic rings. The number of benzene rings is 1.